The van der Waals surface area contributed by atoms with E-state index in [1.54, 1.807) is 0 Å². The second-order valence-corrected chi connectivity index (χ2v) is 9.68. The van der Waals surface area contributed by atoms with Gasteiger partial charge in [0.15, 0.2) is 5.78 Å². The monoisotopic (exact) mass is 497 g/mol. The van der Waals surface area contributed by atoms with Gasteiger partial charge in [0.05, 0.1) is 37.5 Å². The molecule has 36 heavy (non-hydrogen) atoms. The molecule has 0 aromatic heterocycles. The summed E-state index contributed by atoms with van der Waals surface area (Å²) in [6, 6.07) is 3.55. The van der Waals surface area contributed by atoms with Crippen molar-refractivity contribution in [1.29, 1.82) is 0 Å². The number of hydrogen-bond acceptors (Lipinski definition) is 9. The molecule has 2 aliphatic rings. The Morgan fingerprint density at radius 1 is 0.917 bits per heavy atom. The van der Waals surface area contributed by atoms with Crippen LogP contribution in [0, 0.1) is 48.1 Å². The smallest absolute Gasteiger partial charge is 0.338 e. The minimum absolute atomic E-state index is 0.114. The predicted octanol–water partition coefficient (Wildman–Crippen LogP) is 5.24. The first-order chi connectivity index (χ1) is 16.9. The van der Waals surface area contributed by atoms with Crippen molar-refractivity contribution in [2.24, 2.45) is 17.8 Å². The van der Waals surface area contributed by atoms with Gasteiger partial charge in [-0.15, -0.1) is 0 Å². The molecule has 1 fully saturated rings. The predicted molar refractivity (Wildman–Crippen MR) is 126 cm³/mol. The van der Waals surface area contributed by atoms with Crippen LogP contribution in [0.5, 0.6) is 0 Å². The van der Waals surface area contributed by atoms with Gasteiger partial charge in [0, 0.05) is 23.3 Å². The molecule has 2 aromatic rings. The van der Waals surface area contributed by atoms with Crippen LogP contribution in [0.3, 0.4) is 0 Å². The number of carbonyl (C=O) groups excluding carboxylic acids is 2. The average molecular weight is 497 g/mol. The number of benzene rings is 2. The van der Waals surface area contributed by atoms with E-state index in [0.717, 1.165) is 31.0 Å². The van der Waals surface area contributed by atoms with Crippen LogP contribution in [0.15, 0.2) is 24.3 Å². The zero-order valence-corrected chi connectivity index (χ0v) is 19.8. The van der Waals surface area contributed by atoms with Gasteiger partial charge in [-0.05, 0) is 36.7 Å². The van der Waals surface area contributed by atoms with E-state index in [9.17, 15) is 39.9 Å². The van der Waals surface area contributed by atoms with Gasteiger partial charge in [-0.1, -0.05) is 27.2 Å². The Bertz CT molecular complexity index is 1330. The first-order valence-electron chi connectivity index (χ1n) is 11.5. The van der Waals surface area contributed by atoms with Crippen LogP contribution in [0.4, 0.5) is 17.1 Å². The summed E-state index contributed by atoms with van der Waals surface area (Å²) in [5, 5.41) is 34.9. The van der Waals surface area contributed by atoms with Crippen molar-refractivity contribution in [1.82, 2.24) is 0 Å². The first kappa shape index (κ1) is 24.9. The van der Waals surface area contributed by atoms with Crippen LogP contribution >= 0.6 is 0 Å². The zero-order valence-electron chi connectivity index (χ0n) is 19.8. The van der Waals surface area contributed by atoms with Crippen molar-refractivity contribution < 1.29 is 29.1 Å². The Labute approximate surface area is 204 Å². The number of nitro benzene ring substituents is 3. The fourth-order valence-corrected chi connectivity index (χ4v) is 5.23. The minimum atomic E-state index is -0.934. The number of nitrogens with zero attached hydrogens (tertiary/aromatic N) is 3. The largest absolute Gasteiger partial charge is 0.458 e. The van der Waals surface area contributed by atoms with E-state index < -0.39 is 55.3 Å². The summed E-state index contributed by atoms with van der Waals surface area (Å²) < 4.78 is 5.77. The first-order valence-corrected chi connectivity index (χ1v) is 11.5. The van der Waals surface area contributed by atoms with Crippen molar-refractivity contribution in [2.75, 3.05) is 0 Å². The van der Waals surface area contributed by atoms with Gasteiger partial charge in [0.25, 0.3) is 17.1 Å². The van der Waals surface area contributed by atoms with Gasteiger partial charge in [0.1, 0.15) is 6.10 Å². The van der Waals surface area contributed by atoms with E-state index >= 15 is 0 Å². The average Bonchev–Trinajstić information content (AvgIpc) is 3.09. The lowest BCUT2D eigenvalue weighted by molar-refractivity contribution is -0.394. The molecule has 0 heterocycles. The number of ketones is 1. The number of carbonyl (C=O) groups is 2. The van der Waals surface area contributed by atoms with Crippen molar-refractivity contribution >= 4 is 28.8 Å². The molecule has 0 bridgehead atoms. The number of rotatable bonds is 6. The second kappa shape index (κ2) is 9.10. The Balaban J connectivity index is 1.82. The molecule has 12 nitrogen and oxygen atoms in total. The Kier molecular flexibility index (Phi) is 6.29. The molecule has 4 rings (SSSR count). The van der Waals surface area contributed by atoms with Crippen LogP contribution in [0.2, 0.25) is 0 Å². The molecule has 188 valence electrons. The highest BCUT2D eigenvalue weighted by Crippen LogP contribution is 2.49. The highest BCUT2D eigenvalue weighted by atomic mass is 16.6. The summed E-state index contributed by atoms with van der Waals surface area (Å²) in [5.41, 5.74) is -3.87. The van der Waals surface area contributed by atoms with Gasteiger partial charge < -0.3 is 4.74 Å². The minimum Gasteiger partial charge on any atom is -0.458 e. The van der Waals surface area contributed by atoms with Gasteiger partial charge >= 0.3 is 5.97 Å². The molecule has 2 aliphatic carbocycles. The molecule has 2 aromatic carbocycles. The fraction of sp³-hybridized carbons (Fsp3) is 0.417. The Hall–Kier alpha value is -4.22. The van der Waals surface area contributed by atoms with Crippen LogP contribution in [-0.2, 0) is 4.74 Å². The molecule has 0 saturated heterocycles. The normalized spacial score (nSPS) is 20.6. The van der Waals surface area contributed by atoms with Gasteiger partial charge in [0.2, 0.25) is 0 Å². The summed E-state index contributed by atoms with van der Waals surface area (Å²) in [6.07, 6.45) is 2.11. The second-order valence-electron chi connectivity index (χ2n) is 9.68. The molecule has 12 heteroatoms. The lowest BCUT2D eigenvalue weighted by Gasteiger charge is -2.36. The quantitative estimate of drug-likeness (QED) is 0.250. The lowest BCUT2D eigenvalue weighted by Crippen LogP contribution is -2.35. The molecule has 3 atom stereocenters. The van der Waals surface area contributed by atoms with E-state index in [2.05, 4.69) is 6.92 Å². The van der Waals surface area contributed by atoms with Crippen LogP contribution in [0.25, 0.3) is 11.1 Å². The molecule has 0 aliphatic heterocycles. The summed E-state index contributed by atoms with van der Waals surface area (Å²) in [4.78, 5) is 58.5. The van der Waals surface area contributed by atoms with E-state index in [0.29, 0.717) is 18.4 Å². The standard InChI is InChI=1S/C24H23N3O9/c1-11(2)15-5-4-12(3)6-20(15)36-24(29)13-7-16-21(18(8-13)26(32)33)22-17(23(16)28)9-14(25(30)31)10-19(22)27(34)35/h7-12,15,20H,4-6H2,1-3H3/t12-,15+,20-/m0/s1. The maximum Gasteiger partial charge on any atom is 0.338 e. The van der Waals surface area contributed by atoms with Gasteiger partial charge in [-0.2, -0.15) is 0 Å². The summed E-state index contributed by atoms with van der Waals surface area (Å²) in [6.45, 7) is 6.12. The van der Waals surface area contributed by atoms with E-state index in [1.165, 1.54) is 0 Å². The maximum atomic E-state index is 13.1. The van der Waals surface area contributed by atoms with E-state index in [-0.39, 0.29) is 34.1 Å². The summed E-state index contributed by atoms with van der Waals surface area (Å²) in [7, 11) is 0. The maximum absolute atomic E-state index is 13.1. The number of nitro groups is 3. The van der Waals surface area contributed by atoms with Crippen LogP contribution < -0.4 is 0 Å². The van der Waals surface area contributed by atoms with Crippen molar-refractivity contribution in [3.63, 3.8) is 0 Å². The molecule has 0 N–H and O–H groups in total. The molecule has 1 saturated carbocycles. The molecule has 0 spiro atoms. The highest BCUT2D eigenvalue weighted by Gasteiger charge is 2.42. The molecular formula is C24H23N3O9. The van der Waals surface area contributed by atoms with Crippen molar-refractivity contribution in [3.8, 4) is 11.1 Å². The van der Waals surface area contributed by atoms with Gasteiger partial charge in [-0.25, -0.2) is 4.79 Å². The van der Waals surface area contributed by atoms with E-state index in [4.69, 9.17) is 4.74 Å². The number of ether oxygens (including phenoxy) is 1. The topological polar surface area (TPSA) is 173 Å². The number of esters is 1. The third-order valence-corrected chi connectivity index (χ3v) is 7.02. The number of non-ortho nitro benzene ring substituents is 1. The fourth-order valence-electron chi connectivity index (χ4n) is 5.23. The molecular weight excluding hydrogens is 474 g/mol. The molecule has 0 radical (unpaired) electrons. The van der Waals surface area contributed by atoms with Crippen molar-refractivity contribution in [3.05, 3.63) is 71.3 Å². The third-order valence-electron chi connectivity index (χ3n) is 7.02. The molecule has 0 unspecified atom stereocenters. The summed E-state index contributed by atoms with van der Waals surface area (Å²) >= 11 is 0. The van der Waals surface area contributed by atoms with Crippen molar-refractivity contribution in [2.45, 2.75) is 46.1 Å². The molecule has 0 amide bonds. The lowest BCUT2D eigenvalue weighted by atomic mass is 9.75. The third kappa shape index (κ3) is 4.18. The SMILES string of the molecule is CC(C)[C@H]1CC[C@H](C)C[C@@H]1OC(=O)c1cc2c(c([N+](=O)[O-])c1)-c1c(cc([N+](=O)[O-])cc1[N+](=O)[O-])C2=O. The van der Waals surface area contributed by atoms with Crippen LogP contribution in [-0.4, -0.2) is 32.6 Å². The highest BCUT2D eigenvalue weighted by molar-refractivity contribution is 6.25. The summed E-state index contributed by atoms with van der Waals surface area (Å²) in [5.74, 6) is -1.02. The number of fused-ring (bicyclic) bond motifs is 3. The van der Waals surface area contributed by atoms with E-state index in [1.807, 2.05) is 13.8 Å². The zero-order chi connectivity index (χ0) is 26.5. The Morgan fingerprint density at radius 2 is 1.50 bits per heavy atom. The van der Waals surface area contributed by atoms with Crippen LogP contribution in [0.1, 0.15) is 66.3 Å². The van der Waals surface area contributed by atoms with Gasteiger partial charge in [-0.3, -0.25) is 35.1 Å². The Morgan fingerprint density at radius 3 is 2.06 bits per heavy atom. The number of hydrogen-bond donors (Lipinski definition) is 0.